The lowest BCUT2D eigenvalue weighted by molar-refractivity contribution is -0.130. The van der Waals surface area contributed by atoms with Crippen molar-refractivity contribution in [1.82, 2.24) is 9.80 Å². The summed E-state index contributed by atoms with van der Waals surface area (Å²) >= 11 is 0. The van der Waals surface area contributed by atoms with Gasteiger partial charge in [0.25, 0.3) is 0 Å². The van der Waals surface area contributed by atoms with E-state index < -0.39 is 0 Å². The first kappa shape index (κ1) is 11.4. The maximum Gasteiger partial charge on any atom is 0.222 e. The van der Waals surface area contributed by atoms with Crippen molar-refractivity contribution in [3.05, 3.63) is 0 Å². The average molecular weight is 221 g/mol. The molecule has 4 nitrogen and oxygen atoms in total. The third kappa shape index (κ3) is 2.19. The Bertz CT molecular complexity index is 310. The Balaban J connectivity index is 1.96. The summed E-state index contributed by atoms with van der Waals surface area (Å²) in [5.74, 6) is 0.302. The minimum absolute atomic E-state index is 0.0273. The fourth-order valence-electron chi connectivity index (χ4n) is 2.73. The molecule has 0 N–H and O–H groups in total. The second-order valence-corrected chi connectivity index (χ2v) is 4.79. The summed E-state index contributed by atoms with van der Waals surface area (Å²) in [7, 11) is 0. The molecule has 0 aromatic carbocycles. The molecule has 0 spiro atoms. The molecule has 0 aromatic heterocycles. The highest BCUT2D eigenvalue weighted by Crippen LogP contribution is 2.22. The molecule has 1 amide bonds. The van der Waals surface area contributed by atoms with Crippen molar-refractivity contribution in [3.8, 4) is 6.07 Å². The lowest BCUT2D eigenvalue weighted by Gasteiger charge is -2.38. The zero-order chi connectivity index (χ0) is 11.5. The molecule has 0 radical (unpaired) electrons. The van der Waals surface area contributed by atoms with Crippen molar-refractivity contribution in [3.63, 3.8) is 0 Å². The van der Waals surface area contributed by atoms with E-state index in [1.807, 2.05) is 11.8 Å². The predicted octanol–water partition coefficient (Wildman–Crippen LogP) is 0.985. The van der Waals surface area contributed by atoms with Gasteiger partial charge in [-0.2, -0.15) is 5.26 Å². The third-order valence-electron chi connectivity index (χ3n) is 3.71. The largest absolute Gasteiger partial charge is 0.338 e. The number of hydrogen-bond acceptors (Lipinski definition) is 3. The Labute approximate surface area is 96.8 Å². The minimum Gasteiger partial charge on any atom is -0.338 e. The molecule has 4 heteroatoms. The maximum absolute atomic E-state index is 11.7. The van der Waals surface area contributed by atoms with E-state index in [0.29, 0.717) is 18.4 Å². The number of carbonyl (C=O) groups is 1. The molecule has 88 valence electrons. The monoisotopic (exact) mass is 221 g/mol. The van der Waals surface area contributed by atoms with Gasteiger partial charge in [-0.25, -0.2) is 0 Å². The molecule has 2 atom stereocenters. The quantitative estimate of drug-likeness (QED) is 0.698. The highest BCUT2D eigenvalue weighted by atomic mass is 16.2. The van der Waals surface area contributed by atoms with E-state index in [9.17, 15) is 4.79 Å². The Morgan fingerprint density at radius 3 is 2.88 bits per heavy atom. The van der Waals surface area contributed by atoms with Crippen LogP contribution in [0.2, 0.25) is 0 Å². The number of rotatable bonds is 2. The standard InChI is InChI=1S/C12H19N3O/c1-10(8-13)14-6-2-4-11(9-14)15-7-3-5-12(15)16/h10-11H,2-7,9H2,1H3/t10-,11-/m1/s1. The minimum atomic E-state index is -0.0273. The van der Waals surface area contributed by atoms with Gasteiger partial charge in [0.15, 0.2) is 0 Å². The molecule has 0 aromatic rings. The lowest BCUT2D eigenvalue weighted by atomic mass is 10.0. The second kappa shape index (κ2) is 4.84. The molecule has 2 heterocycles. The van der Waals surface area contributed by atoms with Crippen LogP contribution in [0.4, 0.5) is 0 Å². The normalized spacial score (nSPS) is 29.1. The van der Waals surface area contributed by atoms with E-state index in [1.54, 1.807) is 0 Å². The van der Waals surface area contributed by atoms with Gasteiger partial charge in [-0.15, -0.1) is 0 Å². The third-order valence-corrected chi connectivity index (χ3v) is 3.71. The number of hydrogen-bond donors (Lipinski definition) is 0. The molecule has 2 aliphatic rings. The molecule has 16 heavy (non-hydrogen) atoms. The summed E-state index contributed by atoms with van der Waals surface area (Å²) in [6.45, 7) is 4.72. The lowest BCUT2D eigenvalue weighted by Crippen LogP contribution is -2.50. The summed E-state index contributed by atoms with van der Waals surface area (Å²) in [6, 6.07) is 2.60. The van der Waals surface area contributed by atoms with Crippen LogP contribution >= 0.6 is 0 Å². The molecule has 2 rings (SSSR count). The molecule has 0 unspecified atom stereocenters. The number of piperidine rings is 1. The topological polar surface area (TPSA) is 47.3 Å². The van der Waals surface area contributed by atoms with Gasteiger partial charge in [0.2, 0.25) is 5.91 Å². The van der Waals surface area contributed by atoms with Crippen molar-refractivity contribution in [2.45, 2.75) is 44.7 Å². The average Bonchev–Trinajstić information content (AvgIpc) is 2.74. The zero-order valence-electron chi connectivity index (χ0n) is 9.85. The molecule has 0 bridgehead atoms. The highest BCUT2D eigenvalue weighted by molar-refractivity contribution is 5.78. The van der Waals surface area contributed by atoms with Crippen molar-refractivity contribution in [1.29, 1.82) is 5.26 Å². The van der Waals surface area contributed by atoms with Crippen LogP contribution in [0.3, 0.4) is 0 Å². The molecule has 2 saturated heterocycles. The van der Waals surface area contributed by atoms with Crippen LogP contribution in [-0.2, 0) is 4.79 Å². The SMILES string of the molecule is C[C@H](C#N)N1CCC[C@@H](N2CCCC2=O)C1. The van der Waals surface area contributed by atoms with Crippen molar-refractivity contribution >= 4 is 5.91 Å². The van der Waals surface area contributed by atoms with E-state index in [2.05, 4.69) is 11.0 Å². The number of carbonyl (C=O) groups excluding carboxylic acids is 1. The number of likely N-dealkylation sites (tertiary alicyclic amines) is 2. The van der Waals surface area contributed by atoms with Gasteiger partial charge in [-0.1, -0.05) is 0 Å². The van der Waals surface area contributed by atoms with E-state index in [-0.39, 0.29) is 6.04 Å². The van der Waals surface area contributed by atoms with Crippen LogP contribution in [0.25, 0.3) is 0 Å². The fourth-order valence-corrected chi connectivity index (χ4v) is 2.73. The summed E-state index contributed by atoms with van der Waals surface area (Å²) in [4.78, 5) is 15.9. The first-order valence-electron chi connectivity index (χ1n) is 6.15. The summed E-state index contributed by atoms with van der Waals surface area (Å²) in [5.41, 5.74) is 0. The van der Waals surface area contributed by atoms with Crippen molar-refractivity contribution in [2.75, 3.05) is 19.6 Å². The number of nitrogens with zero attached hydrogens (tertiary/aromatic N) is 3. The molecule has 0 saturated carbocycles. The van der Waals surface area contributed by atoms with E-state index in [1.165, 1.54) is 0 Å². The van der Waals surface area contributed by atoms with Gasteiger partial charge in [-0.05, 0) is 32.7 Å². The molecule has 0 aliphatic carbocycles. The first-order chi connectivity index (χ1) is 7.72. The second-order valence-electron chi connectivity index (χ2n) is 4.79. The van der Waals surface area contributed by atoms with Crippen molar-refractivity contribution < 1.29 is 4.79 Å². The van der Waals surface area contributed by atoms with Gasteiger partial charge < -0.3 is 4.90 Å². The molecule has 2 aliphatic heterocycles. The van der Waals surface area contributed by atoms with Crippen LogP contribution in [0.5, 0.6) is 0 Å². The van der Waals surface area contributed by atoms with E-state index in [0.717, 1.165) is 38.9 Å². The summed E-state index contributed by atoms with van der Waals surface area (Å²) < 4.78 is 0. The van der Waals surface area contributed by atoms with Crippen LogP contribution < -0.4 is 0 Å². The van der Waals surface area contributed by atoms with Crippen molar-refractivity contribution in [2.24, 2.45) is 0 Å². The number of nitriles is 1. The summed E-state index contributed by atoms with van der Waals surface area (Å²) in [5, 5.41) is 8.92. The first-order valence-corrected chi connectivity index (χ1v) is 6.15. The maximum atomic E-state index is 11.7. The summed E-state index contributed by atoms with van der Waals surface area (Å²) in [6.07, 6.45) is 3.91. The predicted molar refractivity (Wildman–Crippen MR) is 60.6 cm³/mol. The Hall–Kier alpha value is -1.08. The molecular weight excluding hydrogens is 202 g/mol. The van der Waals surface area contributed by atoms with Gasteiger partial charge in [0.1, 0.15) is 0 Å². The Morgan fingerprint density at radius 1 is 1.44 bits per heavy atom. The van der Waals surface area contributed by atoms with Crippen LogP contribution in [0, 0.1) is 11.3 Å². The zero-order valence-corrected chi connectivity index (χ0v) is 9.85. The van der Waals surface area contributed by atoms with Gasteiger partial charge in [-0.3, -0.25) is 9.69 Å². The smallest absolute Gasteiger partial charge is 0.222 e. The van der Waals surface area contributed by atoms with E-state index >= 15 is 0 Å². The van der Waals surface area contributed by atoms with Crippen LogP contribution in [-0.4, -0.2) is 47.4 Å². The molecule has 2 fully saturated rings. The van der Waals surface area contributed by atoms with Crippen LogP contribution in [0.1, 0.15) is 32.6 Å². The van der Waals surface area contributed by atoms with Crippen LogP contribution in [0.15, 0.2) is 0 Å². The van der Waals surface area contributed by atoms with Gasteiger partial charge in [0.05, 0.1) is 12.1 Å². The van der Waals surface area contributed by atoms with Gasteiger partial charge in [0, 0.05) is 25.6 Å². The highest BCUT2D eigenvalue weighted by Gasteiger charge is 2.32. The Morgan fingerprint density at radius 2 is 2.25 bits per heavy atom. The fraction of sp³-hybridized carbons (Fsp3) is 0.833. The Kier molecular flexibility index (Phi) is 3.45. The van der Waals surface area contributed by atoms with E-state index in [4.69, 9.17) is 5.26 Å². The number of amides is 1. The van der Waals surface area contributed by atoms with Gasteiger partial charge >= 0.3 is 0 Å². The molecular formula is C12H19N3O.